The van der Waals surface area contributed by atoms with Crippen molar-refractivity contribution >= 4 is 17.6 Å². The molecule has 11 heteroatoms. The zero-order chi connectivity index (χ0) is 17.2. The van der Waals surface area contributed by atoms with Crippen LogP contribution in [0.1, 0.15) is 11.3 Å². The van der Waals surface area contributed by atoms with E-state index < -0.39 is 17.8 Å². The van der Waals surface area contributed by atoms with Crippen LogP contribution in [0.2, 0.25) is 5.02 Å². The maximum Gasteiger partial charge on any atom is 0.417 e. The number of aromatic nitrogens is 3. The molecule has 0 aliphatic rings. The normalized spacial score (nSPS) is 11.4. The molecular formula is C12H10ClF3N4O3. The first-order valence-corrected chi connectivity index (χ1v) is 6.40. The second kappa shape index (κ2) is 6.42. The fourth-order valence-corrected chi connectivity index (χ4v) is 1.79. The highest BCUT2D eigenvalue weighted by atomic mass is 35.5. The number of aryl methyl sites for hydroxylation is 1. The van der Waals surface area contributed by atoms with Crippen LogP contribution in [0, 0.1) is 6.92 Å². The van der Waals surface area contributed by atoms with E-state index in [4.69, 9.17) is 16.3 Å². The lowest BCUT2D eigenvalue weighted by Crippen LogP contribution is -2.29. The van der Waals surface area contributed by atoms with Gasteiger partial charge in [0.1, 0.15) is 5.02 Å². The summed E-state index contributed by atoms with van der Waals surface area (Å²) in [4.78, 5) is 19.6. The third kappa shape index (κ3) is 3.90. The molecule has 2 aromatic heterocycles. The third-order valence-corrected chi connectivity index (χ3v) is 2.85. The Morgan fingerprint density at radius 3 is 2.65 bits per heavy atom. The van der Waals surface area contributed by atoms with Crippen molar-refractivity contribution in [1.82, 2.24) is 20.2 Å². The van der Waals surface area contributed by atoms with Crippen molar-refractivity contribution in [1.29, 1.82) is 0 Å². The minimum atomic E-state index is -4.56. The Kier molecular flexibility index (Phi) is 4.76. The maximum atomic E-state index is 12.5. The molecule has 124 valence electrons. The van der Waals surface area contributed by atoms with Gasteiger partial charge in [-0.3, -0.25) is 4.84 Å². The quantitative estimate of drug-likeness (QED) is 0.860. The van der Waals surface area contributed by atoms with Gasteiger partial charge < -0.3 is 4.74 Å². The molecule has 0 saturated heterocycles. The average molecular weight is 351 g/mol. The monoisotopic (exact) mass is 350 g/mol. The molecule has 2 heterocycles. The van der Waals surface area contributed by atoms with E-state index in [1.54, 1.807) is 6.92 Å². The van der Waals surface area contributed by atoms with E-state index in [1.165, 1.54) is 13.2 Å². The summed E-state index contributed by atoms with van der Waals surface area (Å²) in [6, 6.07) is 1.39. The van der Waals surface area contributed by atoms with Gasteiger partial charge in [0.25, 0.3) is 0 Å². The maximum absolute atomic E-state index is 12.5. The van der Waals surface area contributed by atoms with E-state index in [0.29, 0.717) is 18.0 Å². The standard InChI is InChI=1S/C12H10ClF3N4O3/c1-6-3-9(18-20(6)11(21)19-22-2)23-10-8(13)4-7(5-17-10)12(14,15)16/h3-5H,1-2H3,(H,19,21). The molecule has 7 nitrogen and oxygen atoms in total. The van der Waals surface area contributed by atoms with Crippen LogP contribution in [0.3, 0.4) is 0 Å². The van der Waals surface area contributed by atoms with Crippen molar-refractivity contribution in [2.45, 2.75) is 13.1 Å². The molecule has 0 aliphatic carbocycles. The Hall–Kier alpha value is -2.33. The van der Waals surface area contributed by atoms with Gasteiger partial charge in [0, 0.05) is 12.3 Å². The molecule has 0 fully saturated rings. The van der Waals surface area contributed by atoms with E-state index in [1.807, 2.05) is 0 Å². The van der Waals surface area contributed by atoms with E-state index >= 15 is 0 Å². The summed E-state index contributed by atoms with van der Waals surface area (Å²) in [6.07, 6.45) is -3.98. The first kappa shape index (κ1) is 17.0. The Morgan fingerprint density at radius 1 is 1.39 bits per heavy atom. The molecule has 0 unspecified atom stereocenters. The van der Waals surface area contributed by atoms with E-state index in [0.717, 1.165) is 4.68 Å². The first-order chi connectivity index (χ1) is 10.7. The van der Waals surface area contributed by atoms with Gasteiger partial charge >= 0.3 is 12.2 Å². The van der Waals surface area contributed by atoms with Crippen molar-refractivity contribution in [3.63, 3.8) is 0 Å². The third-order valence-electron chi connectivity index (χ3n) is 2.58. The Balaban J connectivity index is 2.23. The van der Waals surface area contributed by atoms with E-state index in [2.05, 4.69) is 20.4 Å². The number of hydroxylamine groups is 1. The second-order valence-corrected chi connectivity index (χ2v) is 4.67. The number of ether oxygens (including phenoxy) is 1. The van der Waals surface area contributed by atoms with Gasteiger partial charge in [-0.05, 0) is 13.0 Å². The second-order valence-electron chi connectivity index (χ2n) is 4.26. The fraction of sp³-hybridized carbons (Fsp3) is 0.250. The summed E-state index contributed by atoms with van der Waals surface area (Å²) in [5, 5.41) is 3.48. The van der Waals surface area contributed by atoms with Gasteiger partial charge in [-0.2, -0.15) is 17.9 Å². The zero-order valence-corrected chi connectivity index (χ0v) is 12.6. The summed E-state index contributed by atoms with van der Waals surface area (Å²) < 4.78 is 43.7. The molecule has 0 aliphatic heterocycles. The Bertz CT molecular complexity index is 733. The molecule has 2 aromatic rings. The molecule has 0 bridgehead atoms. The van der Waals surface area contributed by atoms with E-state index in [-0.39, 0.29) is 16.8 Å². The minimum Gasteiger partial charge on any atom is -0.417 e. The van der Waals surface area contributed by atoms with Crippen LogP contribution >= 0.6 is 11.6 Å². The Labute approximate surface area is 132 Å². The summed E-state index contributed by atoms with van der Waals surface area (Å²) in [7, 11) is 1.25. The van der Waals surface area contributed by atoms with Crippen LogP contribution in [0.4, 0.5) is 18.0 Å². The largest absolute Gasteiger partial charge is 0.417 e. The van der Waals surface area contributed by atoms with Crippen molar-refractivity contribution in [3.8, 4) is 11.8 Å². The van der Waals surface area contributed by atoms with Crippen LogP contribution in [-0.2, 0) is 11.0 Å². The number of carbonyl (C=O) groups is 1. The average Bonchev–Trinajstić information content (AvgIpc) is 2.81. The van der Waals surface area contributed by atoms with Crippen molar-refractivity contribution in [2.24, 2.45) is 0 Å². The number of rotatable bonds is 3. The molecule has 2 rings (SSSR count). The highest BCUT2D eigenvalue weighted by Crippen LogP contribution is 2.34. The smallest absolute Gasteiger partial charge is 0.417 e. The zero-order valence-electron chi connectivity index (χ0n) is 11.8. The van der Waals surface area contributed by atoms with Gasteiger partial charge in [0.05, 0.1) is 18.4 Å². The van der Waals surface area contributed by atoms with Crippen molar-refractivity contribution < 1.29 is 27.5 Å². The number of amides is 1. The summed E-state index contributed by atoms with van der Waals surface area (Å²) >= 11 is 5.72. The molecule has 0 spiro atoms. The lowest BCUT2D eigenvalue weighted by molar-refractivity contribution is -0.137. The van der Waals surface area contributed by atoms with Gasteiger partial charge in [-0.15, -0.1) is 5.10 Å². The van der Waals surface area contributed by atoms with Gasteiger partial charge in [-0.25, -0.2) is 15.3 Å². The van der Waals surface area contributed by atoms with Gasteiger partial charge in [-0.1, -0.05) is 11.6 Å². The molecule has 1 N–H and O–H groups in total. The van der Waals surface area contributed by atoms with Crippen LogP contribution in [-0.4, -0.2) is 27.9 Å². The minimum absolute atomic E-state index is 0.0667. The molecule has 0 radical (unpaired) electrons. The highest BCUT2D eigenvalue weighted by molar-refractivity contribution is 6.31. The molecule has 0 atom stereocenters. The summed E-state index contributed by atoms with van der Waals surface area (Å²) in [5.41, 5.74) is 1.45. The molecule has 23 heavy (non-hydrogen) atoms. The number of nitrogens with one attached hydrogen (secondary N) is 1. The number of carbonyl (C=O) groups excluding carboxylic acids is 1. The van der Waals surface area contributed by atoms with Crippen LogP contribution in [0.25, 0.3) is 0 Å². The van der Waals surface area contributed by atoms with E-state index in [9.17, 15) is 18.0 Å². The number of halogens is 4. The Morgan fingerprint density at radius 2 is 2.09 bits per heavy atom. The highest BCUT2D eigenvalue weighted by Gasteiger charge is 2.32. The van der Waals surface area contributed by atoms with Crippen LogP contribution in [0.5, 0.6) is 11.8 Å². The molecule has 0 saturated carbocycles. The number of hydrogen-bond acceptors (Lipinski definition) is 5. The predicted molar refractivity (Wildman–Crippen MR) is 72.2 cm³/mol. The predicted octanol–water partition coefficient (Wildman–Crippen LogP) is 3.17. The van der Waals surface area contributed by atoms with Crippen molar-refractivity contribution in [2.75, 3.05) is 7.11 Å². The number of alkyl halides is 3. The summed E-state index contributed by atoms with van der Waals surface area (Å²) in [6.45, 7) is 1.57. The summed E-state index contributed by atoms with van der Waals surface area (Å²) in [5.74, 6) is -0.334. The SMILES string of the molecule is CONC(=O)n1nc(Oc2ncc(C(F)(F)F)cc2Cl)cc1C. The number of pyridine rings is 1. The lowest BCUT2D eigenvalue weighted by Gasteiger charge is -2.08. The number of hydrogen-bond donors (Lipinski definition) is 1. The molecule has 1 amide bonds. The van der Waals surface area contributed by atoms with Gasteiger partial charge in [0.2, 0.25) is 11.8 Å². The van der Waals surface area contributed by atoms with Gasteiger partial charge in [0.15, 0.2) is 0 Å². The topological polar surface area (TPSA) is 78.3 Å². The first-order valence-electron chi connectivity index (χ1n) is 6.03. The molecular weight excluding hydrogens is 341 g/mol. The number of nitrogens with zero attached hydrogens (tertiary/aromatic N) is 3. The van der Waals surface area contributed by atoms with Crippen LogP contribution < -0.4 is 10.2 Å². The van der Waals surface area contributed by atoms with Crippen LogP contribution in [0.15, 0.2) is 18.3 Å². The fourth-order valence-electron chi connectivity index (χ4n) is 1.59. The molecule has 0 aromatic carbocycles. The van der Waals surface area contributed by atoms with Crippen molar-refractivity contribution in [3.05, 3.63) is 34.6 Å². The lowest BCUT2D eigenvalue weighted by atomic mass is 10.3.